The van der Waals surface area contributed by atoms with Gasteiger partial charge < -0.3 is 15.4 Å². The highest BCUT2D eigenvalue weighted by molar-refractivity contribution is 6.30. The predicted octanol–water partition coefficient (Wildman–Crippen LogP) is 2.94. The molecule has 6 nitrogen and oxygen atoms in total. The first-order valence-corrected chi connectivity index (χ1v) is 7.78. The van der Waals surface area contributed by atoms with Crippen molar-refractivity contribution in [1.29, 1.82) is 0 Å². The van der Waals surface area contributed by atoms with E-state index in [0.717, 1.165) is 12.0 Å². The maximum Gasteiger partial charge on any atom is 0.319 e. The van der Waals surface area contributed by atoms with Gasteiger partial charge in [0.1, 0.15) is 0 Å². The number of anilines is 1. The second-order valence-electron chi connectivity index (χ2n) is 5.31. The van der Waals surface area contributed by atoms with Crippen LogP contribution in [-0.4, -0.2) is 35.6 Å². The Kier molecular flexibility index (Phi) is 6.43. The highest BCUT2D eigenvalue weighted by Crippen LogP contribution is 2.11. The number of benzene rings is 1. The van der Waals surface area contributed by atoms with Crippen LogP contribution in [-0.2, 0) is 17.7 Å². The Morgan fingerprint density at radius 1 is 1.39 bits per heavy atom. The van der Waals surface area contributed by atoms with Gasteiger partial charge >= 0.3 is 6.03 Å². The van der Waals surface area contributed by atoms with Gasteiger partial charge in [0, 0.05) is 24.4 Å². The molecule has 2 aromatic rings. The van der Waals surface area contributed by atoms with E-state index < -0.39 is 0 Å². The molecule has 124 valence electrons. The molecule has 1 heterocycles. The number of halogens is 1. The fourth-order valence-corrected chi connectivity index (χ4v) is 2.28. The summed E-state index contributed by atoms with van der Waals surface area (Å²) in [5.74, 6) is 0. The number of nitrogens with zero attached hydrogens (tertiary/aromatic N) is 2. The number of hydrogen-bond acceptors (Lipinski definition) is 3. The van der Waals surface area contributed by atoms with Crippen molar-refractivity contribution in [2.24, 2.45) is 0 Å². The highest BCUT2D eigenvalue weighted by Gasteiger charge is 2.09. The highest BCUT2D eigenvalue weighted by atomic mass is 35.5. The topological polar surface area (TPSA) is 68.2 Å². The molecule has 0 aliphatic carbocycles. The van der Waals surface area contributed by atoms with Gasteiger partial charge in [-0.1, -0.05) is 23.7 Å². The number of rotatable bonds is 7. The molecular formula is C16H21ClN4O2. The van der Waals surface area contributed by atoms with Crippen molar-refractivity contribution in [3.05, 3.63) is 47.2 Å². The van der Waals surface area contributed by atoms with Crippen LogP contribution in [0.15, 0.2) is 36.7 Å². The van der Waals surface area contributed by atoms with Crippen molar-refractivity contribution < 1.29 is 9.53 Å². The Morgan fingerprint density at radius 2 is 2.13 bits per heavy atom. The molecule has 0 radical (unpaired) electrons. The number of urea groups is 1. The Balaban J connectivity index is 1.79. The van der Waals surface area contributed by atoms with Gasteiger partial charge in [-0.15, -0.1) is 0 Å². The molecule has 0 spiro atoms. The second kappa shape index (κ2) is 8.55. The summed E-state index contributed by atoms with van der Waals surface area (Å²) in [4.78, 5) is 12.0. The molecule has 2 amide bonds. The van der Waals surface area contributed by atoms with Crippen molar-refractivity contribution in [2.75, 3.05) is 19.0 Å². The fraction of sp³-hybridized carbons (Fsp3) is 0.375. The lowest BCUT2D eigenvalue weighted by Crippen LogP contribution is -2.37. The third kappa shape index (κ3) is 5.92. The second-order valence-corrected chi connectivity index (χ2v) is 5.75. The number of nitrogens with one attached hydrogen (secondary N) is 2. The van der Waals surface area contributed by atoms with E-state index in [1.165, 1.54) is 0 Å². The standard InChI is InChI=1S/C16H21ClN4O2/c1-12(9-13-3-5-14(17)6-4-13)19-16(22)20-15-10-18-21(11-15)7-8-23-2/h3-6,10-12H,7-9H2,1-2H3,(H2,19,20,22)/t12-/m1/s1. The lowest BCUT2D eigenvalue weighted by atomic mass is 10.1. The maximum absolute atomic E-state index is 12.0. The van der Waals surface area contributed by atoms with E-state index in [9.17, 15) is 4.79 Å². The lowest BCUT2D eigenvalue weighted by Gasteiger charge is -2.14. The molecule has 7 heteroatoms. The Morgan fingerprint density at radius 3 is 2.83 bits per heavy atom. The van der Waals surface area contributed by atoms with Crippen LogP contribution in [0.2, 0.25) is 5.02 Å². The zero-order valence-electron chi connectivity index (χ0n) is 13.3. The first kappa shape index (κ1) is 17.3. The fourth-order valence-electron chi connectivity index (χ4n) is 2.15. The number of methoxy groups -OCH3 is 1. The van der Waals surface area contributed by atoms with E-state index in [1.54, 1.807) is 24.2 Å². The van der Waals surface area contributed by atoms with E-state index in [0.29, 0.717) is 23.9 Å². The monoisotopic (exact) mass is 336 g/mol. The normalized spacial score (nSPS) is 12.0. The van der Waals surface area contributed by atoms with Crippen molar-refractivity contribution in [1.82, 2.24) is 15.1 Å². The van der Waals surface area contributed by atoms with Crippen LogP contribution < -0.4 is 10.6 Å². The molecule has 0 unspecified atom stereocenters. The SMILES string of the molecule is COCCn1cc(NC(=O)N[C@H](C)Cc2ccc(Cl)cc2)cn1. The van der Waals surface area contributed by atoms with Crippen molar-refractivity contribution in [2.45, 2.75) is 25.9 Å². The van der Waals surface area contributed by atoms with Crippen molar-refractivity contribution >= 4 is 23.3 Å². The zero-order chi connectivity index (χ0) is 16.7. The molecule has 2 rings (SSSR count). The van der Waals surface area contributed by atoms with E-state index in [-0.39, 0.29) is 12.1 Å². The largest absolute Gasteiger partial charge is 0.383 e. The summed E-state index contributed by atoms with van der Waals surface area (Å²) in [6.45, 7) is 3.18. The van der Waals surface area contributed by atoms with Crippen molar-refractivity contribution in [3.8, 4) is 0 Å². The molecule has 0 saturated heterocycles. The van der Waals surface area contributed by atoms with Gasteiger partial charge in [-0.3, -0.25) is 4.68 Å². The first-order chi connectivity index (χ1) is 11.1. The Hall–Kier alpha value is -2.05. The molecule has 1 aromatic heterocycles. The summed E-state index contributed by atoms with van der Waals surface area (Å²) in [5, 5.41) is 10.5. The van der Waals surface area contributed by atoms with Gasteiger partial charge in [-0.05, 0) is 31.0 Å². The minimum Gasteiger partial charge on any atom is -0.383 e. The van der Waals surface area contributed by atoms with Gasteiger partial charge in [0.25, 0.3) is 0 Å². The zero-order valence-corrected chi connectivity index (χ0v) is 14.0. The molecule has 2 N–H and O–H groups in total. The maximum atomic E-state index is 12.0. The first-order valence-electron chi connectivity index (χ1n) is 7.40. The molecule has 0 aliphatic heterocycles. The van der Waals surface area contributed by atoms with Crippen molar-refractivity contribution in [3.63, 3.8) is 0 Å². The number of carbonyl (C=O) groups is 1. The summed E-state index contributed by atoms with van der Waals surface area (Å²) < 4.78 is 6.70. The van der Waals surface area contributed by atoms with Crippen LogP contribution in [0, 0.1) is 0 Å². The lowest BCUT2D eigenvalue weighted by molar-refractivity contribution is 0.183. The molecule has 0 saturated carbocycles. The summed E-state index contributed by atoms with van der Waals surface area (Å²) in [6, 6.07) is 7.35. The minimum absolute atomic E-state index is 0.000267. The average molecular weight is 337 g/mol. The van der Waals surface area contributed by atoms with Crippen LogP contribution >= 0.6 is 11.6 Å². The van der Waals surface area contributed by atoms with Crippen LogP contribution in [0.4, 0.5) is 10.5 Å². The molecule has 1 aromatic carbocycles. The summed E-state index contributed by atoms with van der Waals surface area (Å²) in [6.07, 6.45) is 4.11. The van der Waals surface area contributed by atoms with Gasteiger partial charge in [0.2, 0.25) is 0 Å². The third-order valence-corrected chi connectivity index (χ3v) is 3.50. The number of amides is 2. The van der Waals surface area contributed by atoms with E-state index in [4.69, 9.17) is 16.3 Å². The van der Waals surface area contributed by atoms with Crippen LogP contribution in [0.25, 0.3) is 0 Å². The molecular weight excluding hydrogens is 316 g/mol. The van der Waals surface area contributed by atoms with Gasteiger partial charge in [0.15, 0.2) is 0 Å². The number of hydrogen-bond donors (Lipinski definition) is 2. The Bertz CT molecular complexity index is 627. The average Bonchev–Trinajstić information content (AvgIpc) is 2.94. The van der Waals surface area contributed by atoms with E-state index in [2.05, 4.69) is 15.7 Å². The summed E-state index contributed by atoms with van der Waals surface area (Å²) in [7, 11) is 1.64. The van der Waals surface area contributed by atoms with Gasteiger partial charge in [0.05, 0.1) is 25.0 Å². The Labute approximate surface area is 140 Å². The van der Waals surface area contributed by atoms with Crippen LogP contribution in [0.1, 0.15) is 12.5 Å². The third-order valence-electron chi connectivity index (χ3n) is 3.25. The van der Waals surface area contributed by atoms with Crippen LogP contribution in [0.3, 0.4) is 0 Å². The van der Waals surface area contributed by atoms with E-state index in [1.807, 2.05) is 31.2 Å². The predicted molar refractivity (Wildman–Crippen MR) is 90.9 cm³/mol. The number of carbonyl (C=O) groups excluding carboxylic acids is 1. The summed E-state index contributed by atoms with van der Waals surface area (Å²) in [5.41, 5.74) is 1.77. The van der Waals surface area contributed by atoms with Gasteiger partial charge in [-0.2, -0.15) is 5.10 Å². The smallest absolute Gasteiger partial charge is 0.319 e. The van der Waals surface area contributed by atoms with E-state index >= 15 is 0 Å². The number of ether oxygens (including phenoxy) is 1. The molecule has 23 heavy (non-hydrogen) atoms. The quantitative estimate of drug-likeness (QED) is 0.816. The molecule has 0 bridgehead atoms. The minimum atomic E-state index is -0.252. The van der Waals surface area contributed by atoms with Gasteiger partial charge in [-0.25, -0.2) is 4.79 Å². The molecule has 0 aliphatic rings. The number of aromatic nitrogens is 2. The molecule has 0 fully saturated rings. The summed E-state index contributed by atoms with van der Waals surface area (Å²) >= 11 is 5.86. The van der Waals surface area contributed by atoms with Crippen LogP contribution in [0.5, 0.6) is 0 Å². The molecule has 1 atom stereocenters.